The van der Waals surface area contributed by atoms with Crippen molar-refractivity contribution in [2.24, 2.45) is 21.5 Å². The van der Waals surface area contributed by atoms with Gasteiger partial charge in [0.1, 0.15) is 12.1 Å². The molecule has 13 heteroatoms. The highest BCUT2D eigenvalue weighted by Gasteiger charge is 2.73. The molecule has 3 amide bonds. The Labute approximate surface area is 159 Å². The lowest BCUT2D eigenvalue weighted by atomic mass is 9.85. The third-order valence-corrected chi connectivity index (χ3v) is 5.70. The molecule has 2 fully saturated rings. The van der Waals surface area contributed by atoms with Gasteiger partial charge >= 0.3 is 0 Å². The number of imide groups is 1. The molecule has 0 aromatic carbocycles. The molecule has 28 heavy (non-hydrogen) atoms. The highest BCUT2D eigenvalue weighted by Crippen LogP contribution is 2.44. The highest BCUT2D eigenvalue weighted by molar-refractivity contribution is 6.02. The normalized spacial score (nSPS) is 35.9. The molecular weight excluding hydrogens is 372 g/mol. The second-order valence-electron chi connectivity index (χ2n) is 7.39. The summed E-state index contributed by atoms with van der Waals surface area (Å²) < 4.78 is 0. The molecule has 0 aromatic heterocycles. The number of rotatable bonds is 3. The Hall–Kier alpha value is -2.93. The van der Waals surface area contributed by atoms with Gasteiger partial charge in [-0.25, -0.2) is 9.98 Å². The topological polar surface area (TPSA) is 199 Å². The molecule has 4 rings (SSSR count). The maximum absolute atomic E-state index is 12.0. The van der Waals surface area contributed by atoms with E-state index in [-0.39, 0.29) is 49.7 Å². The minimum Gasteiger partial charge on any atom is -0.370 e. The monoisotopic (exact) mass is 394 g/mol. The summed E-state index contributed by atoms with van der Waals surface area (Å²) in [7, 11) is 0. The smallest absolute Gasteiger partial charge is 0.231 e. The molecular formula is C15H22N8O5. The number of nitrogens with zero attached hydrogens (tertiary/aromatic N) is 4. The lowest BCUT2D eigenvalue weighted by Crippen LogP contribution is -2.78. The predicted octanol–water partition coefficient (Wildman–Crippen LogP) is -4.68. The molecule has 8 N–H and O–H groups in total. The lowest BCUT2D eigenvalue weighted by molar-refractivity contribution is -0.231. The number of aliphatic hydroxyl groups is 2. The molecule has 0 aliphatic carbocycles. The summed E-state index contributed by atoms with van der Waals surface area (Å²) >= 11 is 0. The van der Waals surface area contributed by atoms with Gasteiger partial charge < -0.3 is 37.2 Å². The Bertz CT molecular complexity index is 809. The van der Waals surface area contributed by atoms with Crippen molar-refractivity contribution in [3.63, 3.8) is 0 Å². The summed E-state index contributed by atoms with van der Waals surface area (Å²) in [6.45, 7) is 1.08. The molecule has 4 atom stereocenters. The zero-order valence-electron chi connectivity index (χ0n) is 15.1. The fraction of sp³-hybridized carbons (Fsp3) is 0.667. The van der Waals surface area contributed by atoms with E-state index in [9.17, 15) is 24.6 Å². The van der Waals surface area contributed by atoms with E-state index in [2.05, 4.69) is 20.6 Å². The Balaban J connectivity index is 1.74. The van der Waals surface area contributed by atoms with Crippen LogP contribution in [0.5, 0.6) is 0 Å². The molecule has 152 valence electrons. The van der Waals surface area contributed by atoms with Crippen LogP contribution in [0.4, 0.5) is 0 Å². The molecule has 0 saturated carbocycles. The van der Waals surface area contributed by atoms with E-state index in [1.807, 2.05) is 0 Å². The van der Waals surface area contributed by atoms with Crippen molar-refractivity contribution in [3.8, 4) is 0 Å². The van der Waals surface area contributed by atoms with E-state index in [1.54, 1.807) is 0 Å². The van der Waals surface area contributed by atoms with Gasteiger partial charge in [-0.05, 0) is 0 Å². The van der Waals surface area contributed by atoms with E-state index in [4.69, 9.17) is 11.5 Å². The van der Waals surface area contributed by atoms with Crippen LogP contribution in [0.25, 0.3) is 0 Å². The Kier molecular flexibility index (Phi) is 3.81. The minimum atomic E-state index is -2.52. The van der Waals surface area contributed by atoms with Crippen LogP contribution >= 0.6 is 0 Å². The van der Waals surface area contributed by atoms with Crippen molar-refractivity contribution in [3.05, 3.63) is 0 Å². The van der Waals surface area contributed by atoms with Crippen LogP contribution < -0.4 is 22.1 Å². The van der Waals surface area contributed by atoms with Crippen LogP contribution in [0.3, 0.4) is 0 Å². The Morgan fingerprint density at radius 3 is 2.54 bits per heavy atom. The van der Waals surface area contributed by atoms with Crippen LogP contribution in [-0.2, 0) is 14.4 Å². The van der Waals surface area contributed by atoms with Gasteiger partial charge in [0.2, 0.25) is 23.5 Å². The van der Waals surface area contributed by atoms with Crippen LogP contribution in [-0.4, -0.2) is 92.3 Å². The maximum atomic E-state index is 12.0. The number of nitrogens with one attached hydrogen (secondary N) is 2. The quantitative estimate of drug-likeness (QED) is 0.201. The second kappa shape index (κ2) is 5.78. The number of carbonyl (C=O) groups is 3. The predicted molar refractivity (Wildman–Crippen MR) is 94.1 cm³/mol. The van der Waals surface area contributed by atoms with Crippen LogP contribution in [0, 0.1) is 0 Å². The molecule has 0 aromatic rings. The molecule has 13 nitrogen and oxygen atoms in total. The van der Waals surface area contributed by atoms with Crippen molar-refractivity contribution in [1.82, 2.24) is 20.4 Å². The lowest BCUT2D eigenvalue weighted by Gasteiger charge is -2.49. The van der Waals surface area contributed by atoms with Gasteiger partial charge in [-0.15, -0.1) is 0 Å². The Morgan fingerprint density at radius 1 is 1.29 bits per heavy atom. The van der Waals surface area contributed by atoms with E-state index in [0.29, 0.717) is 0 Å². The summed E-state index contributed by atoms with van der Waals surface area (Å²) in [4.78, 5) is 46.6. The number of nitrogens with two attached hydrogens (primary N) is 2. The number of hydrogen-bond donors (Lipinski definition) is 6. The molecule has 1 spiro atoms. The summed E-state index contributed by atoms with van der Waals surface area (Å²) in [5.41, 5.74) is 10.2. The van der Waals surface area contributed by atoms with Gasteiger partial charge in [0.15, 0.2) is 17.6 Å². The third-order valence-electron chi connectivity index (χ3n) is 5.70. The van der Waals surface area contributed by atoms with Crippen LogP contribution in [0.1, 0.15) is 19.8 Å². The number of amides is 3. The average Bonchev–Trinajstić information content (AvgIpc) is 3.18. The molecule has 0 unspecified atom stereocenters. The van der Waals surface area contributed by atoms with E-state index >= 15 is 0 Å². The number of aliphatic imine (C=N–C) groups is 2. The van der Waals surface area contributed by atoms with Crippen molar-refractivity contribution in [1.29, 1.82) is 0 Å². The van der Waals surface area contributed by atoms with E-state index in [1.165, 1.54) is 11.8 Å². The number of likely N-dealkylation sites (tertiary alicyclic amines) is 1. The molecule has 2 saturated heterocycles. The van der Waals surface area contributed by atoms with Crippen molar-refractivity contribution < 1.29 is 24.6 Å². The first-order chi connectivity index (χ1) is 13.1. The zero-order valence-corrected chi connectivity index (χ0v) is 15.1. The van der Waals surface area contributed by atoms with Crippen molar-refractivity contribution in [2.75, 3.05) is 13.1 Å². The first-order valence-corrected chi connectivity index (χ1v) is 8.85. The van der Waals surface area contributed by atoms with Gasteiger partial charge in [-0.1, -0.05) is 0 Å². The van der Waals surface area contributed by atoms with Crippen LogP contribution in [0.2, 0.25) is 0 Å². The fourth-order valence-corrected chi connectivity index (χ4v) is 4.49. The zero-order chi connectivity index (χ0) is 20.4. The van der Waals surface area contributed by atoms with Crippen molar-refractivity contribution in [2.45, 2.75) is 49.3 Å². The van der Waals surface area contributed by atoms with E-state index in [0.717, 1.165) is 4.90 Å². The van der Waals surface area contributed by atoms with Crippen LogP contribution in [0.15, 0.2) is 9.98 Å². The molecule has 4 aliphatic heterocycles. The number of guanidine groups is 2. The molecule has 0 radical (unpaired) electrons. The minimum absolute atomic E-state index is 0.0435. The van der Waals surface area contributed by atoms with Gasteiger partial charge in [-0.2, -0.15) is 0 Å². The van der Waals surface area contributed by atoms with Gasteiger partial charge in [0.25, 0.3) is 0 Å². The van der Waals surface area contributed by atoms with Gasteiger partial charge in [0.05, 0.1) is 12.6 Å². The number of carbonyl (C=O) groups excluding carboxylic acids is 3. The Morgan fingerprint density at radius 2 is 1.93 bits per heavy atom. The first kappa shape index (κ1) is 18.4. The molecule has 0 bridgehead atoms. The summed E-state index contributed by atoms with van der Waals surface area (Å²) in [6.07, 6.45) is 0.232. The van der Waals surface area contributed by atoms with Gasteiger partial charge in [0, 0.05) is 26.3 Å². The summed E-state index contributed by atoms with van der Waals surface area (Å²) in [5.74, 6) is -3.76. The number of hydrogen-bond acceptors (Lipinski definition) is 11. The van der Waals surface area contributed by atoms with Crippen molar-refractivity contribution >= 4 is 29.6 Å². The van der Waals surface area contributed by atoms with Gasteiger partial charge in [-0.3, -0.25) is 19.3 Å². The summed E-state index contributed by atoms with van der Waals surface area (Å²) in [6, 6.07) is -2.91. The fourth-order valence-electron chi connectivity index (χ4n) is 4.49. The second-order valence-corrected chi connectivity index (χ2v) is 7.39. The SMILES string of the molecule is CC(=O)N[C@H]1CN2C(N)=N[C@@H](CN3C(=O)CCC3=O)[C@@H]3N=C(N)N[C@@]32C1(O)O. The third kappa shape index (κ3) is 2.29. The molecule has 4 heterocycles. The standard InChI is InChI=1S/C15H22N8O5/c1-6(24)18-8-5-23-13(17)19-7(4-22-9(25)2-3-10(22)26)11-14(23,15(8,27)28)21-12(16)20-11/h7-8,11,27-28H,2-5H2,1H3,(H2,17,19)(H,18,24)(H3,16,20,21)/t7-,8-,11-,14-/m0/s1. The largest absolute Gasteiger partial charge is 0.370 e. The highest BCUT2D eigenvalue weighted by atomic mass is 16.5. The summed E-state index contributed by atoms with van der Waals surface area (Å²) in [5, 5.41) is 27.3. The average molecular weight is 394 g/mol. The van der Waals surface area contributed by atoms with E-state index < -0.39 is 35.5 Å². The maximum Gasteiger partial charge on any atom is 0.231 e. The first-order valence-electron chi connectivity index (χ1n) is 8.85. The molecule has 4 aliphatic rings.